The van der Waals surface area contributed by atoms with Crippen molar-refractivity contribution in [1.29, 1.82) is 0 Å². The van der Waals surface area contributed by atoms with E-state index in [1.54, 1.807) is 0 Å². The summed E-state index contributed by atoms with van der Waals surface area (Å²) in [6, 6.07) is -0.0130. The first kappa shape index (κ1) is 14.1. The van der Waals surface area contributed by atoms with E-state index in [9.17, 15) is 9.59 Å². The van der Waals surface area contributed by atoms with Crippen molar-refractivity contribution in [3.8, 4) is 0 Å². The number of hydrogen-bond donors (Lipinski definition) is 2. The largest absolute Gasteiger partial charge is 0.481 e. The van der Waals surface area contributed by atoms with Crippen molar-refractivity contribution in [1.82, 2.24) is 15.1 Å². The fraction of sp³-hybridized carbons (Fsp3) is 0.846. The molecule has 0 spiro atoms. The molecule has 1 aliphatic heterocycles. The zero-order valence-electron chi connectivity index (χ0n) is 11.5. The minimum Gasteiger partial charge on any atom is -0.481 e. The number of carboxylic acid groups (broad SMARTS) is 1. The van der Waals surface area contributed by atoms with E-state index in [0.29, 0.717) is 12.8 Å². The molecule has 0 aromatic heterocycles. The number of carbonyl (C=O) groups excluding carboxylic acids is 1. The maximum Gasteiger partial charge on any atom is 0.317 e. The van der Waals surface area contributed by atoms with E-state index in [-0.39, 0.29) is 18.0 Å². The average Bonchev–Trinajstić information content (AvgIpc) is 2.71. The van der Waals surface area contributed by atoms with Crippen LogP contribution in [0, 0.1) is 5.92 Å². The van der Waals surface area contributed by atoms with Crippen LogP contribution in [0.1, 0.15) is 25.7 Å². The van der Waals surface area contributed by atoms with Gasteiger partial charge in [0.25, 0.3) is 0 Å². The highest BCUT2D eigenvalue weighted by atomic mass is 16.4. The molecule has 0 radical (unpaired) electrons. The molecule has 1 saturated carbocycles. The van der Waals surface area contributed by atoms with Gasteiger partial charge in [-0.15, -0.1) is 0 Å². The predicted octanol–water partition coefficient (Wildman–Crippen LogP) is 0.587. The molecular formula is C13H23N3O3. The predicted molar refractivity (Wildman–Crippen MR) is 71.0 cm³/mol. The number of urea groups is 1. The molecule has 2 unspecified atom stereocenters. The Kier molecular flexibility index (Phi) is 4.63. The van der Waals surface area contributed by atoms with Crippen LogP contribution in [0.3, 0.4) is 0 Å². The van der Waals surface area contributed by atoms with Gasteiger partial charge in [-0.05, 0) is 39.3 Å². The Morgan fingerprint density at radius 2 is 1.95 bits per heavy atom. The molecule has 2 aliphatic rings. The zero-order chi connectivity index (χ0) is 13.8. The lowest BCUT2D eigenvalue weighted by Gasteiger charge is -2.23. The van der Waals surface area contributed by atoms with Crippen LogP contribution >= 0.6 is 0 Å². The van der Waals surface area contributed by atoms with E-state index in [2.05, 4.69) is 17.3 Å². The van der Waals surface area contributed by atoms with Crippen LogP contribution in [-0.2, 0) is 4.79 Å². The minimum absolute atomic E-state index is 0.0228. The van der Waals surface area contributed by atoms with Gasteiger partial charge in [-0.25, -0.2) is 4.79 Å². The fourth-order valence-electron chi connectivity index (χ4n) is 2.85. The van der Waals surface area contributed by atoms with E-state index < -0.39 is 5.97 Å². The minimum atomic E-state index is -0.742. The van der Waals surface area contributed by atoms with Crippen LogP contribution in [-0.4, -0.2) is 66.2 Å². The maximum atomic E-state index is 12.1. The molecule has 1 heterocycles. The van der Waals surface area contributed by atoms with E-state index in [1.165, 1.54) is 0 Å². The second-order valence-corrected chi connectivity index (χ2v) is 5.64. The summed E-state index contributed by atoms with van der Waals surface area (Å²) in [6.45, 7) is 3.45. The SMILES string of the molecule is CN1CCCN(C(=O)NC2CCC(C(=O)O)C2)CC1. The van der Waals surface area contributed by atoms with Crippen molar-refractivity contribution in [3.05, 3.63) is 0 Å². The van der Waals surface area contributed by atoms with Crippen molar-refractivity contribution in [2.45, 2.75) is 31.7 Å². The summed E-state index contributed by atoms with van der Waals surface area (Å²) < 4.78 is 0. The molecule has 0 aromatic rings. The van der Waals surface area contributed by atoms with Gasteiger partial charge in [0, 0.05) is 25.7 Å². The molecule has 2 N–H and O–H groups in total. The van der Waals surface area contributed by atoms with Crippen LogP contribution in [0.15, 0.2) is 0 Å². The first-order valence-corrected chi connectivity index (χ1v) is 7.03. The van der Waals surface area contributed by atoms with Crippen LogP contribution in [0.25, 0.3) is 0 Å². The van der Waals surface area contributed by atoms with Crippen molar-refractivity contribution >= 4 is 12.0 Å². The molecule has 0 bridgehead atoms. The Hall–Kier alpha value is -1.30. The van der Waals surface area contributed by atoms with Gasteiger partial charge in [-0.1, -0.05) is 0 Å². The maximum absolute atomic E-state index is 12.1. The van der Waals surface area contributed by atoms with Gasteiger partial charge in [0.15, 0.2) is 0 Å². The average molecular weight is 269 g/mol. The summed E-state index contributed by atoms with van der Waals surface area (Å²) in [7, 11) is 2.07. The second-order valence-electron chi connectivity index (χ2n) is 5.64. The summed E-state index contributed by atoms with van der Waals surface area (Å²) in [6.07, 6.45) is 3.00. The quantitative estimate of drug-likeness (QED) is 0.769. The molecule has 2 amide bonds. The van der Waals surface area contributed by atoms with E-state index >= 15 is 0 Å². The number of nitrogens with zero attached hydrogens (tertiary/aromatic N) is 2. The Morgan fingerprint density at radius 1 is 1.16 bits per heavy atom. The highest BCUT2D eigenvalue weighted by Crippen LogP contribution is 2.25. The number of carboxylic acids is 1. The summed E-state index contributed by atoms with van der Waals surface area (Å²) in [5.74, 6) is -1.03. The van der Waals surface area contributed by atoms with Gasteiger partial charge in [-0.2, -0.15) is 0 Å². The fourth-order valence-corrected chi connectivity index (χ4v) is 2.85. The molecule has 0 aromatic carbocycles. The van der Waals surface area contributed by atoms with Crippen molar-refractivity contribution in [2.75, 3.05) is 33.2 Å². The van der Waals surface area contributed by atoms with Crippen LogP contribution in [0.4, 0.5) is 4.79 Å². The molecule has 1 aliphatic carbocycles. The van der Waals surface area contributed by atoms with E-state index in [0.717, 1.165) is 39.0 Å². The molecule has 108 valence electrons. The number of aliphatic carboxylic acids is 1. The molecule has 2 rings (SSSR count). The lowest BCUT2D eigenvalue weighted by atomic mass is 10.1. The van der Waals surface area contributed by atoms with E-state index in [1.807, 2.05) is 4.90 Å². The van der Waals surface area contributed by atoms with Crippen LogP contribution in [0.2, 0.25) is 0 Å². The first-order valence-electron chi connectivity index (χ1n) is 7.03. The molecule has 2 atom stereocenters. The first-order chi connectivity index (χ1) is 9.06. The Bertz CT molecular complexity index is 348. The number of carbonyl (C=O) groups is 2. The summed E-state index contributed by atoms with van der Waals surface area (Å²) in [5.41, 5.74) is 0. The molecule has 19 heavy (non-hydrogen) atoms. The van der Waals surface area contributed by atoms with Gasteiger partial charge >= 0.3 is 12.0 Å². The molecule has 6 heteroatoms. The van der Waals surface area contributed by atoms with Crippen molar-refractivity contribution in [3.63, 3.8) is 0 Å². The molecule has 1 saturated heterocycles. The smallest absolute Gasteiger partial charge is 0.317 e. The molecule has 2 fully saturated rings. The van der Waals surface area contributed by atoms with Gasteiger partial charge < -0.3 is 20.2 Å². The lowest BCUT2D eigenvalue weighted by molar-refractivity contribution is -0.141. The standard InChI is InChI=1S/C13H23N3O3/c1-15-5-2-6-16(8-7-15)13(19)14-11-4-3-10(9-11)12(17)18/h10-11H,2-9H2,1H3,(H,14,19)(H,17,18). The highest BCUT2D eigenvalue weighted by Gasteiger charge is 2.31. The van der Waals surface area contributed by atoms with Gasteiger partial charge in [0.2, 0.25) is 0 Å². The normalized spacial score (nSPS) is 29.0. The Morgan fingerprint density at radius 3 is 2.63 bits per heavy atom. The third kappa shape index (κ3) is 3.83. The molecular weight excluding hydrogens is 246 g/mol. The third-order valence-electron chi connectivity index (χ3n) is 4.12. The number of amides is 2. The number of nitrogens with one attached hydrogen (secondary N) is 1. The van der Waals surface area contributed by atoms with Gasteiger partial charge in [-0.3, -0.25) is 4.79 Å². The Labute approximate surface area is 113 Å². The summed E-state index contributed by atoms with van der Waals surface area (Å²) >= 11 is 0. The number of hydrogen-bond acceptors (Lipinski definition) is 3. The van der Waals surface area contributed by atoms with Gasteiger partial charge in [0.1, 0.15) is 0 Å². The zero-order valence-corrected chi connectivity index (χ0v) is 11.5. The van der Waals surface area contributed by atoms with E-state index in [4.69, 9.17) is 5.11 Å². The van der Waals surface area contributed by atoms with Crippen molar-refractivity contribution in [2.24, 2.45) is 5.92 Å². The number of likely N-dealkylation sites (N-methyl/N-ethyl adjacent to an activating group) is 1. The topological polar surface area (TPSA) is 72.9 Å². The van der Waals surface area contributed by atoms with Crippen molar-refractivity contribution < 1.29 is 14.7 Å². The Balaban J connectivity index is 1.79. The third-order valence-corrected chi connectivity index (χ3v) is 4.12. The summed E-state index contributed by atoms with van der Waals surface area (Å²) in [4.78, 5) is 27.1. The highest BCUT2D eigenvalue weighted by molar-refractivity contribution is 5.75. The van der Waals surface area contributed by atoms with Gasteiger partial charge in [0.05, 0.1) is 5.92 Å². The van der Waals surface area contributed by atoms with Crippen LogP contribution < -0.4 is 5.32 Å². The van der Waals surface area contributed by atoms with Crippen LogP contribution in [0.5, 0.6) is 0 Å². The summed E-state index contributed by atoms with van der Waals surface area (Å²) in [5, 5.41) is 11.9. The monoisotopic (exact) mass is 269 g/mol. The lowest BCUT2D eigenvalue weighted by Crippen LogP contribution is -2.45. The molecule has 6 nitrogen and oxygen atoms in total. The number of rotatable bonds is 2. The second kappa shape index (κ2) is 6.23.